The fraction of sp³-hybridized carbons (Fsp3) is 0.382. The Morgan fingerprint density at radius 3 is 2.73 bits per heavy atom. The number of piperidine rings is 1. The molecule has 228 valence electrons. The summed E-state index contributed by atoms with van der Waals surface area (Å²) in [4.78, 5) is 25.4. The number of ether oxygens (including phenoxy) is 1. The van der Waals surface area contributed by atoms with Crippen LogP contribution in [0.1, 0.15) is 59.7 Å². The monoisotopic (exact) mass is 594 g/mol. The third-order valence-electron chi connectivity index (χ3n) is 9.03. The molecule has 3 atom stereocenters. The highest BCUT2D eigenvalue weighted by molar-refractivity contribution is 6.00. The number of rotatable bonds is 2. The minimum absolute atomic E-state index is 0.0221. The van der Waals surface area contributed by atoms with Crippen molar-refractivity contribution in [2.24, 2.45) is 5.73 Å². The van der Waals surface area contributed by atoms with Gasteiger partial charge in [0.25, 0.3) is 5.91 Å². The Morgan fingerprint density at radius 1 is 1.00 bits per heavy atom. The second-order valence-corrected chi connectivity index (χ2v) is 12.1. The number of aliphatic hydroxyl groups excluding tert-OH is 2. The Balaban J connectivity index is 1.44. The van der Waals surface area contributed by atoms with Crippen molar-refractivity contribution in [3.05, 3.63) is 77.5 Å². The maximum Gasteiger partial charge on any atom is 0.254 e. The molecule has 1 saturated heterocycles. The molecule has 3 aromatic heterocycles. The molecule has 0 saturated carbocycles. The third kappa shape index (κ3) is 5.12. The molecular formula is C34H38N6O4. The first kappa shape index (κ1) is 28.5. The van der Waals surface area contributed by atoms with Gasteiger partial charge < -0.3 is 34.7 Å². The van der Waals surface area contributed by atoms with E-state index in [0.29, 0.717) is 55.0 Å². The zero-order chi connectivity index (χ0) is 30.4. The molecule has 2 aliphatic rings. The summed E-state index contributed by atoms with van der Waals surface area (Å²) < 4.78 is 10.3. The fourth-order valence-electron chi connectivity index (χ4n) is 6.80. The van der Waals surface area contributed by atoms with Crippen molar-refractivity contribution in [3.8, 4) is 17.3 Å². The molecule has 0 aliphatic carbocycles. The minimum Gasteiger partial charge on any atom is -0.494 e. The van der Waals surface area contributed by atoms with Gasteiger partial charge in [0.1, 0.15) is 23.0 Å². The number of methoxy groups -OCH3 is 1. The summed E-state index contributed by atoms with van der Waals surface area (Å²) in [5.41, 5.74) is 11.5. The largest absolute Gasteiger partial charge is 0.494 e. The van der Waals surface area contributed by atoms with Crippen molar-refractivity contribution < 1.29 is 19.7 Å². The van der Waals surface area contributed by atoms with Gasteiger partial charge in [-0.2, -0.15) is 0 Å². The second kappa shape index (κ2) is 11.7. The van der Waals surface area contributed by atoms with Crippen LogP contribution in [0, 0.1) is 0 Å². The summed E-state index contributed by atoms with van der Waals surface area (Å²) in [7, 11) is 1.61. The molecule has 1 amide bonds. The van der Waals surface area contributed by atoms with E-state index in [0.717, 1.165) is 59.3 Å². The van der Waals surface area contributed by atoms with Crippen LogP contribution in [0.15, 0.2) is 60.8 Å². The smallest absolute Gasteiger partial charge is 0.254 e. The van der Waals surface area contributed by atoms with E-state index < -0.39 is 12.2 Å². The Kier molecular flexibility index (Phi) is 7.57. The van der Waals surface area contributed by atoms with E-state index >= 15 is 0 Å². The first-order valence-corrected chi connectivity index (χ1v) is 15.4. The molecule has 5 aromatic rings. The molecular weight excluding hydrogens is 556 g/mol. The van der Waals surface area contributed by atoms with Crippen molar-refractivity contribution in [1.29, 1.82) is 0 Å². The van der Waals surface area contributed by atoms with Gasteiger partial charge in [-0.1, -0.05) is 24.3 Å². The molecule has 2 bridgehead atoms. The number of hydrogen-bond acceptors (Lipinski definition) is 7. The average molecular weight is 595 g/mol. The fourth-order valence-corrected chi connectivity index (χ4v) is 6.80. The highest BCUT2D eigenvalue weighted by Gasteiger charge is 2.27. The number of aryl methyl sites for hydroxylation is 1. The first-order chi connectivity index (χ1) is 21.4. The zero-order valence-electron chi connectivity index (χ0n) is 24.9. The Labute approximate surface area is 255 Å². The summed E-state index contributed by atoms with van der Waals surface area (Å²) in [5.74, 6) is 1.22. The Morgan fingerprint density at radius 2 is 1.89 bits per heavy atom. The number of imidazole rings is 1. The van der Waals surface area contributed by atoms with E-state index in [1.165, 1.54) is 0 Å². The molecule has 0 radical (unpaired) electrons. The number of nitrogens with zero attached hydrogens (tertiary/aromatic N) is 5. The van der Waals surface area contributed by atoms with Gasteiger partial charge in [-0.25, -0.2) is 9.97 Å². The average Bonchev–Trinajstić information content (AvgIpc) is 3.59. The van der Waals surface area contributed by atoms with Gasteiger partial charge >= 0.3 is 0 Å². The van der Waals surface area contributed by atoms with Crippen molar-refractivity contribution in [2.45, 2.75) is 63.4 Å². The number of carbonyl (C=O) groups is 1. The summed E-state index contributed by atoms with van der Waals surface area (Å²) in [6.07, 6.45) is 3.77. The van der Waals surface area contributed by atoms with E-state index in [9.17, 15) is 15.0 Å². The number of pyridine rings is 1. The molecule has 2 aliphatic heterocycles. The zero-order valence-corrected chi connectivity index (χ0v) is 24.9. The van der Waals surface area contributed by atoms with Gasteiger partial charge in [0.05, 0.1) is 24.4 Å². The lowest BCUT2D eigenvalue weighted by atomic mass is 9.98. The number of hydrogen-bond donors (Lipinski definition) is 3. The van der Waals surface area contributed by atoms with Crippen LogP contribution in [0.4, 0.5) is 0 Å². The second-order valence-electron chi connectivity index (χ2n) is 12.1. The number of likely N-dealkylation sites (tertiary alicyclic amines) is 1. The third-order valence-corrected chi connectivity index (χ3v) is 9.03. The van der Waals surface area contributed by atoms with Crippen molar-refractivity contribution in [3.63, 3.8) is 0 Å². The van der Waals surface area contributed by atoms with Gasteiger partial charge in [-0.15, -0.1) is 0 Å². The Bertz CT molecular complexity index is 1840. The van der Waals surface area contributed by atoms with Crippen molar-refractivity contribution >= 4 is 28.0 Å². The van der Waals surface area contributed by atoms with E-state index in [4.69, 9.17) is 20.4 Å². The summed E-state index contributed by atoms with van der Waals surface area (Å²) in [5, 5.41) is 22.8. The minimum atomic E-state index is -0.979. The number of amides is 1. The summed E-state index contributed by atoms with van der Waals surface area (Å²) >= 11 is 0. The number of nitrogens with two attached hydrogens (primary N) is 1. The molecule has 0 unspecified atom stereocenters. The Hall–Kier alpha value is -4.25. The summed E-state index contributed by atoms with van der Waals surface area (Å²) in [6.45, 7) is 2.31. The molecule has 4 N–H and O–H groups in total. The molecule has 7 rings (SSSR count). The number of carbonyl (C=O) groups excluding carboxylic acids is 1. The van der Waals surface area contributed by atoms with Gasteiger partial charge in [0, 0.05) is 49.4 Å². The van der Waals surface area contributed by atoms with E-state index in [1.807, 2.05) is 47.4 Å². The SMILES string of the molecule is COc1cc(C(=O)N2CCC[C@@H](N)C2)cc2nc3n(c12)Cc1cccc(c1)[C@H](O)[C@H](O)CCCCn1c-3cc2cccnc21. The van der Waals surface area contributed by atoms with Gasteiger partial charge in [-0.05, 0) is 73.6 Å². The quantitative estimate of drug-likeness (QED) is 0.278. The molecule has 1 fully saturated rings. The standard InChI is InChI=1S/C34H38N6O4/c1-44-29-18-24(34(43)38-13-6-10-25(35)20-38)16-26-30(29)40-19-21-7-4-8-22(15-21)31(42)28(41)11-2-3-14-39-27(33(40)37-26)17-23-9-5-12-36-32(23)39/h4-5,7-9,12,15-18,25,28,31,41-42H,2-3,6,10-11,13-14,19-20,35H2,1H3/t25-,28-,31+/m1/s1. The number of aliphatic hydroxyl groups is 2. The molecule has 5 heterocycles. The van der Waals surface area contributed by atoms with Gasteiger partial charge in [0.15, 0.2) is 5.82 Å². The van der Waals surface area contributed by atoms with Crippen LogP contribution in [0.25, 0.3) is 33.6 Å². The number of aromatic nitrogens is 4. The van der Waals surface area contributed by atoms with Gasteiger partial charge in [0.2, 0.25) is 0 Å². The molecule has 10 heteroatoms. The van der Waals surface area contributed by atoms with Crippen LogP contribution < -0.4 is 10.5 Å². The van der Waals surface area contributed by atoms with E-state index in [2.05, 4.69) is 15.2 Å². The predicted octanol–water partition coefficient (Wildman–Crippen LogP) is 4.25. The van der Waals surface area contributed by atoms with E-state index in [1.54, 1.807) is 19.4 Å². The molecule has 44 heavy (non-hydrogen) atoms. The number of benzene rings is 2. The lowest BCUT2D eigenvalue weighted by Gasteiger charge is -2.30. The molecule has 2 aromatic carbocycles. The highest BCUT2D eigenvalue weighted by Crippen LogP contribution is 2.36. The maximum atomic E-state index is 13.7. The number of fused-ring (bicyclic) bond motifs is 9. The van der Waals surface area contributed by atoms with Crippen molar-refractivity contribution in [1.82, 2.24) is 24.0 Å². The van der Waals surface area contributed by atoms with Crippen LogP contribution in [-0.4, -0.2) is 72.5 Å². The lowest BCUT2D eigenvalue weighted by molar-refractivity contribution is 0.0119. The topological polar surface area (TPSA) is 132 Å². The van der Waals surface area contributed by atoms with Crippen LogP contribution in [0.3, 0.4) is 0 Å². The van der Waals surface area contributed by atoms with Gasteiger partial charge in [-0.3, -0.25) is 4.79 Å². The highest BCUT2D eigenvalue weighted by atomic mass is 16.5. The van der Waals surface area contributed by atoms with Crippen LogP contribution in [-0.2, 0) is 13.1 Å². The van der Waals surface area contributed by atoms with Crippen molar-refractivity contribution in [2.75, 3.05) is 20.2 Å². The van der Waals surface area contributed by atoms with Crippen LogP contribution >= 0.6 is 0 Å². The normalized spacial score (nSPS) is 21.1. The van der Waals surface area contributed by atoms with Crippen LogP contribution in [0.5, 0.6) is 5.75 Å². The van der Waals surface area contributed by atoms with Crippen LogP contribution in [0.2, 0.25) is 0 Å². The predicted molar refractivity (Wildman–Crippen MR) is 168 cm³/mol. The lowest BCUT2D eigenvalue weighted by Crippen LogP contribution is -2.45. The molecule has 0 spiro atoms. The summed E-state index contributed by atoms with van der Waals surface area (Å²) in [6, 6.07) is 17.4. The van der Waals surface area contributed by atoms with E-state index in [-0.39, 0.29) is 11.9 Å². The first-order valence-electron chi connectivity index (χ1n) is 15.4. The molecule has 10 nitrogen and oxygen atoms in total. The maximum absolute atomic E-state index is 13.7.